The van der Waals surface area contributed by atoms with Gasteiger partial charge in [0.25, 0.3) is 5.91 Å². The van der Waals surface area contributed by atoms with Crippen LogP contribution in [0.1, 0.15) is 55.1 Å². The Kier molecular flexibility index (Phi) is 5.63. The van der Waals surface area contributed by atoms with E-state index in [1.807, 2.05) is 62.4 Å². The van der Waals surface area contributed by atoms with Gasteiger partial charge in [-0.25, -0.2) is 0 Å². The zero-order valence-corrected chi connectivity index (χ0v) is 17.2. The summed E-state index contributed by atoms with van der Waals surface area (Å²) in [5, 5.41) is 4.05. The molecule has 146 valence electrons. The zero-order chi connectivity index (χ0) is 20.3. The molecule has 0 saturated carbocycles. The number of aryl methyl sites for hydroxylation is 1. The Hall–Kier alpha value is -2.95. The standard InChI is InChI=1S/C23H27N3O2/c1-6-26(22(27)18-11-13-19(14-12-18)23(3,4)5)15-20-24-21(25-28-20)17-9-7-16(2)8-10-17/h7-14H,6,15H2,1-5H3. The smallest absolute Gasteiger partial charge is 0.254 e. The first kappa shape index (κ1) is 19.8. The minimum atomic E-state index is -0.0435. The summed E-state index contributed by atoms with van der Waals surface area (Å²) in [6.45, 7) is 11.3. The van der Waals surface area contributed by atoms with Crippen molar-refractivity contribution in [2.45, 2.75) is 46.6 Å². The van der Waals surface area contributed by atoms with Crippen molar-refractivity contribution < 1.29 is 9.32 Å². The Morgan fingerprint density at radius 2 is 1.68 bits per heavy atom. The van der Waals surface area contributed by atoms with Gasteiger partial charge in [-0.1, -0.05) is 67.9 Å². The molecule has 0 atom stereocenters. The molecule has 0 aliphatic heterocycles. The van der Waals surface area contributed by atoms with Gasteiger partial charge in [0.1, 0.15) is 6.54 Å². The Morgan fingerprint density at radius 3 is 2.25 bits per heavy atom. The molecule has 0 radical (unpaired) electrons. The summed E-state index contributed by atoms with van der Waals surface area (Å²) in [5.74, 6) is 0.920. The molecule has 3 rings (SSSR count). The summed E-state index contributed by atoms with van der Waals surface area (Å²) in [7, 11) is 0. The van der Waals surface area contributed by atoms with E-state index in [1.54, 1.807) is 4.90 Å². The molecule has 0 unspecified atom stereocenters. The van der Waals surface area contributed by atoms with E-state index in [-0.39, 0.29) is 17.9 Å². The molecule has 0 aliphatic carbocycles. The van der Waals surface area contributed by atoms with Crippen LogP contribution in [-0.2, 0) is 12.0 Å². The number of hydrogen-bond acceptors (Lipinski definition) is 4. The molecule has 0 aliphatic rings. The first-order valence-electron chi connectivity index (χ1n) is 9.57. The van der Waals surface area contributed by atoms with E-state index in [2.05, 4.69) is 30.9 Å². The number of nitrogens with zero attached hydrogens (tertiary/aromatic N) is 3. The lowest BCUT2D eigenvalue weighted by Crippen LogP contribution is -2.30. The Morgan fingerprint density at radius 1 is 1.04 bits per heavy atom. The lowest BCUT2D eigenvalue weighted by Gasteiger charge is -2.21. The number of rotatable bonds is 5. The van der Waals surface area contributed by atoms with Crippen LogP contribution in [0.3, 0.4) is 0 Å². The molecular weight excluding hydrogens is 350 g/mol. The van der Waals surface area contributed by atoms with Gasteiger partial charge in [0.05, 0.1) is 0 Å². The maximum absolute atomic E-state index is 12.9. The van der Waals surface area contributed by atoms with Crippen molar-refractivity contribution in [3.8, 4) is 11.4 Å². The predicted octanol–water partition coefficient (Wildman–Crippen LogP) is 5.00. The second kappa shape index (κ2) is 7.97. The fourth-order valence-electron chi connectivity index (χ4n) is 2.92. The van der Waals surface area contributed by atoms with Gasteiger partial charge in [0, 0.05) is 17.7 Å². The Labute approximate surface area is 166 Å². The van der Waals surface area contributed by atoms with Crippen LogP contribution in [0.2, 0.25) is 0 Å². The average molecular weight is 377 g/mol. The van der Waals surface area contributed by atoms with E-state index in [0.29, 0.717) is 23.8 Å². The maximum atomic E-state index is 12.9. The molecule has 0 fully saturated rings. The van der Waals surface area contributed by atoms with Gasteiger partial charge in [-0.05, 0) is 37.0 Å². The predicted molar refractivity (Wildman–Crippen MR) is 110 cm³/mol. The van der Waals surface area contributed by atoms with Crippen LogP contribution in [-0.4, -0.2) is 27.5 Å². The van der Waals surface area contributed by atoms with E-state index in [4.69, 9.17) is 4.52 Å². The Bertz CT molecular complexity index is 935. The number of aromatic nitrogens is 2. The van der Waals surface area contributed by atoms with E-state index >= 15 is 0 Å². The quantitative estimate of drug-likeness (QED) is 0.627. The molecule has 0 saturated heterocycles. The van der Waals surface area contributed by atoms with Crippen molar-refractivity contribution in [1.29, 1.82) is 0 Å². The van der Waals surface area contributed by atoms with Crippen molar-refractivity contribution in [3.63, 3.8) is 0 Å². The summed E-state index contributed by atoms with van der Waals surface area (Å²) in [6, 6.07) is 15.7. The highest BCUT2D eigenvalue weighted by Crippen LogP contribution is 2.23. The highest BCUT2D eigenvalue weighted by molar-refractivity contribution is 5.94. The number of benzene rings is 2. The van der Waals surface area contributed by atoms with Gasteiger partial charge in [-0.3, -0.25) is 4.79 Å². The Balaban J connectivity index is 1.73. The highest BCUT2D eigenvalue weighted by Gasteiger charge is 2.19. The van der Waals surface area contributed by atoms with Crippen LogP contribution in [0.15, 0.2) is 53.1 Å². The van der Waals surface area contributed by atoms with E-state index < -0.39 is 0 Å². The number of hydrogen-bond donors (Lipinski definition) is 0. The van der Waals surface area contributed by atoms with Crippen LogP contribution in [0, 0.1) is 6.92 Å². The molecule has 28 heavy (non-hydrogen) atoms. The third-order valence-corrected chi connectivity index (χ3v) is 4.77. The third-order valence-electron chi connectivity index (χ3n) is 4.77. The molecule has 3 aromatic rings. The lowest BCUT2D eigenvalue weighted by atomic mass is 9.86. The van der Waals surface area contributed by atoms with Crippen molar-refractivity contribution in [3.05, 3.63) is 71.1 Å². The molecule has 1 aromatic heterocycles. The zero-order valence-electron chi connectivity index (χ0n) is 17.2. The molecule has 2 aromatic carbocycles. The summed E-state index contributed by atoms with van der Waals surface area (Å²) in [6.07, 6.45) is 0. The lowest BCUT2D eigenvalue weighted by molar-refractivity contribution is 0.0734. The van der Waals surface area contributed by atoms with Gasteiger partial charge in [-0.15, -0.1) is 0 Å². The van der Waals surface area contributed by atoms with Crippen LogP contribution < -0.4 is 0 Å². The van der Waals surface area contributed by atoms with E-state index in [9.17, 15) is 4.79 Å². The van der Waals surface area contributed by atoms with Crippen molar-refractivity contribution in [2.75, 3.05) is 6.54 Å². The van der Waals surface area contributed by atoms with Crippen LogP contribution in [0.4, 0.5) is 0 Å². The third kappa shape index (κ3) is 4.47. The van der Waals surface area contributed by atoms with Crippen LogP contribution in [0.5, 0.6) is 0 Å². The van der Waals surface area contributed by atoms with Gasteiger partial charge < -0.3 is 9.42 Å². The van der Waals surface area contributed by atoms with Crippen molar-refractivity contribution in [1.82, 2.24) is 15.0 Å². The van der Waals surface area contributed by atoms with Gasteiger partial charge in [0.15, 0.2) is 0 Å². The van der Waals surface area contributed by atoms with Crippen molar-refractivity contribution in [2.24, 2.45) is 0 Å². The average Bonchev–Trinajstić information content (AvgIpc) is 3.14. The van der Waals surface area contributed by atoms with Gasteiger partial charge in [-0.2, -0.15) is 4.98 Å². The fourth-order valence-corrected chi connectivity index (χ4v) is 2.92. The second-order valence-corrected chi connectivity index (χ2v) is 8.02. The molecule has 0 spiro atoms. The summed E-state index contributed by atoms with van der Waals surface area (Å²) >= 11 is 0. The topological polar surface area (TPSA) is 59.2 Å². The molecular formula is C23H27N3O2. The fraction of sp³-hybridized carbons (Fsp3) is 0.348. The van der Waals surface area contributed by atoms with E-state index in [1.165, 1.54) is 11.1 Å². The number of carbonyl (C=O) groups is 1. The summed E-state index contributed by atoms with van der Waals surface area (Å²) < 4.78 is 5.38. The first-order chi connectivity index (χ1) is 13.3. The SMILES string of the molecule is CCN(Cc1nc(-c2ccc(C)cc2)no1)C(=O)c1ccc(C(C)(C)C)cc1. The van der Waals surface area contributed by atoms with Crippen LogP contribution in [0.25, 0.3) is 11.4 Å². The minimum absolute atomic E-state index is 0.0435. The summed E-state index contributed by atoms with van der Waals surface area (Å²) in [4.78, 5) is 19.0. The van der Waals surface area contributed by atoms with E-state index in [0.717, 1.165) is 5.56 Å². The number of amides is 1. The van der Waals surface area contributed by atoms with Crippen LogP contribution >= 0.6 is 0 Å². The molecule has 1 heterocycles. The maximum Gasteiger partial charge on any atom is 0.254 e. The van der Waals surface area contributed by atoms with Gasteiger partial charge in [0.2, 0.25) is 11.7 Å². The van der Waals surface area contributed by atoms with Crippen molar-refractivity contribution >= 4 is 5.91 Å². The molecule has 0 N–H and O–H groups in total. The van der Waals surface area contributed by atoms with Gasteiger partial charge >= 0.3 is 0 Å². The molecule has 5 nitrogen and oxygen atoms in total. The molecule has 1 amide bonds. The number of carbonyl (C=O) groups excluding carboxylic acids is 1. The monoisotopic (exact) mass is 377 g/mol. The largest absolute Gasteiger partial charge is 0.337 e. The first-order valence-corrected chi connectivity index (χ1v) is 9.57. The highest BCUT2D eigenvalue weighted by atomic mass is 16.5. The summed E-state index contributed by atoms with van der Waals surface area (Å²) in [5.41, 5.74) is 3.99. The molecule has 5 heteroatoms. The second-order valence-electron chi connectivity index (χ2n) is 8.02. The normalized spacial score (nSPS) is 11.5. The minimum Gasteiger partial charge on any atom is -0.337 e. The molecule has 0 bridgehead atoms.